The van der Waals surface area contributed by atoms with Crippen molar-refractivity contribution in [3.8, 4) is 17.2 Å². The van der Waals surface area contributed by atoms with Crippen molar-refractivity contribution in [3.63, 3.8) is 0 Å². The Morgan fingerprint density at radius 2 is 1.48 bits per heavy atom. The molecule has 0 fully saturated rings. The van der Waals surface area contributed by atoms with Gasteiger partial charge in [-0.1, -0.05) is 35.9 Å². The molecule has 7 heteroatoms. The minimum Gasteiger partial charge on any atom is -0.484 e. The van der Waals surface area contributed by atoms with Gasteiger partial charge in [-0.15, -0.1) is 0 Å². The zero-order valence-corrected chi connectivity index (χ0v) is 16.8. The first-order chi connectivity index (χ1) is 15.1. The lowest BCUT2D eigenvalue weighted by Crippen LogP contribution is -2.43. The number of aromatic amines is 1. The summed E-state index contributed by atoms with van der Waals surface area (Å²) in [5, 5.41) is 0.776. The van der Waals surface area contributed by atoms with Crippen molar-refractivity contribution in [1.82, 2.24) is 15.8 Å². The van der Waals surface area contributed by atoms with Gasteiger partial charge < -0.3 is 14.5 Å². The zero-order valence-electron chi connectivity index (χ0n) is 16.8. The quantitative estimate of drug-likeness (QED) is 0.413. The van der Waals surface area contributed by atoms with Gasteiger partial charge >= 0.3 is 0 Å². The lowest BCUT2D eigenvalue weighted by molar-refractivity contribution is -0.123. The average Bonchev–Trinajstić information content (AvgIpc) is 3.23. The highest BCUT2D eigenvalue weighted by molar-refractivity contribution is 6.07. The number of H-pyrrole nitrogens is 1. The summed E-state index contributed by atoms with van der Waals surface area (Å²) in [5.41, 5.74) is 7.20. The Bertz CT molecular complexity index is 1200. The fraction of sp³-hybridized carbons (Fsp3) is 0.0833. The first-order valence-corrected chi connectivity index (χ1v) is 9.71. The number of para-hydroxylation sites is 1. The summed E-state index contributed by atoms with van der Waals surface area (Å²) in [6, 6.07) is 22.1. The lowest BCUT2D eigenvalue weighted by Gasteiger charge is -2.10. The zero-order chi connectivity index (χ0) is 21.6. The Hall–Kier alpha value is -4.26. The summed E-state index contributed by atoms with van der Waals surface area (Å²) in [7, 11) is 0. The number of aromatic nitrogens is 1. The second-order valence-corrected chi connectivity index (χ2v) is 6.93. The van der Waals surface area contributed by atoms with Crippen molar-refractivity contribution >= 4 is 22.7 Å². The van der Waals surface area contributed by atoms with E-state index in [1.165, 1.54) is 0 Å². The molecule has 0 unspecified atom stereocenters. The Morgan fingerprint density at radius 3 is 2.23 bits per heavy atom. The summed E-state index contributed by atoms with van der Waals surface area (Å²) in [4.78, 5) is 27.3. The van der Waals surface area contributed by atoms with Gasteiger partial charge in [0.25, 0.3) is 11.8 Å². The molecule has 2 amide bonds. The van der Waals surface area contributed by atoms with Crippen LogP contribution in [0.25, 0.3) is 10.9 Å². The smallest absolute Gasteiger partial charge is 0.276 e. The predicted octanol–water partition coefficient (Wildman–Crippen LogP) is 4.11. The highest BCUT2D eigenvalue weighted by Gasteiger charge is 2.12. The van der Waals surface area contributed by atoms with Gasteiger partial charge in [-0.25, -0.2) is 0 Å². The van der Waals surface area contributed by atoms with E-state index in [0.29, 0.717) is 17.1 Å². The number of ether oxygens (including phenoxy) is 2. The topological polar surface area (TPSA) is 92.4 Å². The van der Waals surface area contributed by atoms with E-state index in [1.807, 2.05) is 55.5 Å². The molecular weight excluding hydrogens is 394 g/mol. The molecule has 0 aliphatic carbocycles. The van der Waals surface area contributed by atoms with E-state index in [4.69, 9.17) is 9.47 Å². The molecule has 1 heterocycles. The number of hydrogen-bond acceptors (Lipinski definition) is 4. The van der Waals surface area contributed by atoms with Crippen LogP contribution in [0.5, 0.6) is 17.2 Å². The first-order valence-electron chi connectivity index (χ1n) is 9.71. The molecule has 31 heavy (non-hydrogen) atoms. The number of hydrogen-bond donors (Lipinski definition) is 3. The van der Waals surface area contributed by atoms with E-state index in [1.54, 1.807) is 30.5 Å². The van der Waals surface area contributed by atoms with Gasteiger partial charge in [0.15, 0.2) is 6.61 Å². The van der Waals surface area contributed by atoms with Gasteiger partial charge in [0.2, 0.25) is 0 Å². The number of benzene rings is 3. The second kappa shape index (κ2) is 9.04. The molecule has 0 aliphatic rings. The monoisotopic (exact) mass is 415 g/mol. The molecule has 0 atom stereocenters. The number of amides is 2. The van der Waals surface area contributed by atoms with Crippen LogP contribution in [0.15, 0.2) is 79.0 Å². The fourth-order valence-corrected chi connectivity index (χ4v) is 2.98. The van der Waals surface area contributed by atoms with E-state index < -0.39 is 11.8 Å². The molecule has 3 aromatic carbocycles. The highest BCUT2D eigenvalue weighted by atomic mass is 16.5. The first kappa shape index (κ1) is 20.0. The van der Waals surface area contributed by atoms with Crippen molar-refractivity contribution in [2.45, 2.75) is 6.92 Å². The van der Waals surface area contributed by atoms with E-state index in [-0.39, 0.29) is 6.61 Å². The number of nitrogens with one attached hydrogen (secondary N) is 3. The maximum absolute atomic E-state index is 12.3. The van der Waals surface area contributed by atoms with Crippen LogP contribution in [0.4, 0.5) is 0 Å². The van der Waals surface area contributed by atoms with Crippen molar-refractivity contribution in [3.05, 3.63) is 90.1 Å². The standard InChI is InChI=1S/C24H21N3O4/c1-16-6-8-18(9-7-16)31-19-12-10-17(11-13-19)30-15-23(28)26-27-24(29)21-14-25-22-5-3-2-4-20(21)22/h2-14,25H,15H2,1H3,(H,26,28)(H,27,29). The molecule has 0 saturated carbocycles. The number of carbonyl (C=O) groups is 2. The van der Waals surface area contributed by atoms with Gasteiger partial charge in [-0.05, 0) is 49.4 Å². The molecule has 4 aromatic rings. The minimum atomic E-state index is -0.479. The lowest BCUT2D eigenvalue weighted by atomic mass is 10.2. The molecule has 3 N–H and O–H groups in total. The van der Waals surface area contributed by atoms with Crippen molar-refractivity contribution in [1.29, 1.82) is 0 Å². The molecule has 4 rings (SSSR count). The van der Waals surface area contributed by atoms with E-state index >= 15 is 0 Å². The Kier molecular flexibility index (Phi) is 5.84. The maximum Gasteiger partial charge on any atom is 0.276 e. The van der Waals surface area contributed by atoms with E-state index in [9.17, 15) is 9.59 Å². The van der Waals surface area contributed by atoms with Crippen molar-refractivity contribution in [2.24, 2.45) is 0 Å². The van der Waals surface area contributed by atoms with Crippen LogP contribution in [0.3, 0.4) is 0 Å². The van der Waals surface area contributed by atoms with Crippen LogP contribution < -0.4 is 20.3 Å². The largest absolute Gasteiger partial charge is 0.484 e. The van der Waals surface area contributed by atoms with Gasteiger partial charge in [-0.3, -0.25) is 20.4 Å². The Labute approximate surface area is 179 Å². The number of fused-ring (bicyclic) bond motifs is 1. The number of rotatable bonds is 6. The normalized spacial score (nSPS) is 10.5. The summed E-state index contributed by atoms with van der Waals surface area (Å²) < 4.78 is 11.2. The Morgan fingerprint density at radius 1 is 0.839 bits per heavy atom. The second-order valence-electron chi connectivity index (χ2n) is 6.93. The van der Waals surface area contributed by atoms with Crippen molar-refractivity contribution < 1.29 is 19.1 Å². The summed E-state index contributed by atoms with van der Waals surface area (Å²) in [5.74, 6) is 1.02. The number of hydrazine groups is 1. The average molecular weight is 415 g/mol. The molecule has 0 saturated heterocycles. The SMILES string of the molecule is Cc1ccc(Oc2ccc(OCC(=O)NNC(=O)c3c[nH]c4ccccc34)cc2)cc1. The van der Waals surface area contributed by atoms with Gasteiger partial charge in [-0.2, -0.15) is 0 Å². The third-order valence-electron chi connectivity index (χ3n) is 4.60. The third kappa shape index (κ3) is 5.02. The van der Waals surface area contributed by atoms with E-state index in [2.05, 4.69) is 15.8 Å². The van der Waals surface area contributed by atoms with Gasteiger partial charge in [0, 0.05) is 17.1 Å². The molecule has 0 radical (unpaired) electrons. The van der Waals surface area contributed by atoms with Crippen molar-refractivity contribution in [2.75, 3.05) is 6.61 Å². The molecule has 0 bridgehead atoms. The summed E-state index contributed by atoms with van der Waals surface area (Å²) >= 11 is 0. The summed E-state index contributed by atoms with van der Waals surface area (Å²) in [6.45, 7) is 1.77. The van der Waals surface area contributed by atoms with Gasteiger partial charge in [0.05, 0.1) is 5.56 Å². The summed E-state index contributed by atoms with van der Waals surface area (Å²) in [6.07, 6.45) is 1.60. The van der Waals surface area contributed by atoms with E-state index in [0.717, 1.165) is 22.2 Å². The predicted molar refractivity (Wildman–Crippen MR) is 117 cm³/mol. The van der Waals surface area contributed by atoms with Crippen LogP contribution in [0.1, 0.15) is 15.9 Å². The Balaban J connectivity index is 1.25. The molecule has 156 valence electrons. The molecular formula is C24H21N3O4. The highest BCUT2D eigenvalue weighted by Crippen LogP contribution is 2.24. The molecule has 7 nitrogen and oxygen atoms in total. The number of carbonyl (C=O) groups excluding carboxylic acids is 2. The van der Waals surface area contributed by atoms with Crippen LogP contribution in [0.2, 0.25) is 0 Å². The minimum absolute atomic E-state index is 0.244. The van der Waals surface area contributed by atoms with Crippen LogP contribution >= 0.6 is 0 Å². The van der Waals surface area contributed by atoms with Crippen LogP contribution in [0, 0.1) is 6.92 Å². The van der Waals surface area contributed by atoms with Crippen LogP contribution in [-0.4, -0.2) is 23.4 Å². The molecule has 0 spiro atoms. The van der Waals surface area contributed by atoms with Crippen LogP contribution in [-0.2, 0) is 4.79 Å². The third-order valence-corrected chi connectivity index (χ3v) is 4.60. The molecule has 1 aromatic heterocycles. The fourth-order valence-electron chi connectivity index (χ4n) is 2.98. The molecule has 0 aliphatic heterocycles. The van der Waals surface area contributed by atoms with Gasteiger partial charge in [0.1, 0.15) is 17.2 Å². The maximum atomic E-state index is 12.3. The number of aryl methyl sites for hydroxylation is 1.